The Labute approximate surface area is 120 Å². The zero-order valence-corrected chi connectivity index (χ0v) is 11.9. The van der Waals surface area contributed by atoms with E-state index in [1.54, 1.807) is 6.07 Å². The largest absolute Gasteiger partial charge is 0.273 e. The summed E-state index contributed by atoms with van der Waals surface area (Å²) in [5, 5.41) is 17.1. The zero-order chi connectivity index (χ0) is 15.5. The number of rotatable bonds is 6. The fourth-order valence-corrected chi connectivity index (χ4v) is 2.91. The summed E-state index contributed by atoms with van der Waals surface area (Å²) in [6.07, 6.45) is 1.28. The van der Waals surface area contributed by atoms with Gasteiger partial charge in [-0.15, -0.1) is 0 Å². The lowest BCUT2D eigenvalue weighted by atomic mass is 10.2. The SMILES string of the molecule is CN(Cc1ncn[nH]1)S(=O)(=O)Cc1ccccc1[N+](=O)[O-]. The number of nitro benzene ring substituents is 1. The predicted molar refractivity (Wildman–Crippen MR) is 73.6 cm³/mol. The first kappa shape index (κ1) is 15.1. The van der Waals surface area contributed by atoms with Crippen LogP contribution in [-0.4, -0.2) is 39.9 Å². The van der Waals surface area contributed by atoms with Crippen LogP contribution in [0.15, 0.2) is 30.6 Å². The second-order valence-electron chi connectivity index (χ2n) is 4.33. The molecule has 0 fully saturated rings. The normalized spacial score (nSPS) is 11.7. The summed E-state index contributed by atoms with van der Waals surface area (Å²) in [5.74, 6) is -0.0574. The number of nitro groups is 1. The van der Waals surface area contributed by atoms with Gasteiger partial charge in [0.25, 0.3) is 5.69 Å². The van der Waals surface area contributed by atoms with Crippen LogP contribution >= 0.6 is 0 Å². The van der Waals surface area contributed by atoms with E-state index < -0.39 is 20.7 Å². The first-order valence-electron chi connectivity index (χ1n) is 5.90. The van der Waals surface area contributed by atoms with Gasteiger partial charge in [0, 0.05) is 18.7 Å². The molecule has 10 heteroatoms. The molecule has 0 aliphatic heterocycles. The molecule has 1 heterocycles. The molecule has 2 rings (SSSR count). The van der Waals surface area contributed by atoms with Crippen LogP contribution in [0.5, 0.6) is 0 Å². The maximum absolute atomic E-state index is 12.2. The molecule has 9 nitrogen and oxygen atoms in total. The van der Waals surface area contributed by atoms with Gasteiger partial charge < -0.3 is 0 Å². The number of sulfonamides is 1. The van der Waals surface area contributed by atoms with E-state index in [-0.39, 0.29) is 17.8 Å². The van der Waals surface area contributed by atoms with Gasteiger partial charge >= 0.3 is 0 Å². The van der Waals surface area contributed by atoms with Crippen LogP contribution in [0.4, 0.5) is 5.69 Å². The smallest absolute Gasteiger partial charge is 0.262 e. The fourth-order valence-electron chi connectivity index (χ4n) is 1.73. The van der Waals surface area contributed by atoms with Crippen LogP contribution < -0.4 is 0 Å². The average Bonchev–Trinajstić information content (AvgIpc) is 2.91. The van der Waals surface area contributed by atoms with Gasteiger partial charge in [-0.05, 0) is 0 Å². The van der Waals surface area contributed by atoms with Crippen molar-refractivity contribution in [2.75, 3.05) is 7.05 Å². The molecule has 0 aliphatic carbocycles. The molecule has 0 amide bonds. The van der Waals surface area contributed by atoms with E-state index in [0.717, 1.165) is 4.31 Å². The molecule has 0 aliphatic rings. The Morgan fingerprint density at radius 3 is 2.71 bits per heavy atom. The lowest BCUT2D eigenvalue weighted by Crippen LogP contribution is -2.28. The predicted octanol–water partition coefficient (Wildman–Crippen LogP) is 0.675. The minimum absolute atomic E-state index is 0.0168. The minimum Gasteiger partial charge on any atom is -0.262 e. The number of H-pyrrole nitrogens is 1. The number of para-hydroxylation sites is 1. The third-order valence-electron chi connectivity index (χ3n) is 2.84. The Hall–Kier alpha value is -2.33. The van der Waals surface area contributed by atoms with Gasteiger partial charge in [-0.25, -0.2) is 13.4 Å². The Kier molecular flexibility index (Phi) is 4.29. The topological polar surface area (TPSA) is 122 Å². The Morgan fingerprint density at radius 1 is 1.38 bits per heavy atom. The highest BCUT2D eigenvalue weighted by molar-refractivity contribution is 7.88. The molecule has 1 aromatic heterocycles. The summed E-state index contributed by atoms with van der Waals surface area (Å²) in [6, 6.07) is 5.76. The summed E-state index contributed by atoms with van der Waals surface area (Å²) < 4.78 is 25.6. The summed E-state index contributed by atoms with van der Waals surface area (Å²) in [4.78, 5) is 14.2. The fraction of sp³-hybridized carbons (Fsp3) is 0.273. The van der Waals surface area contributed by atoms with Gasteiger partial charge in [-0.1, -0.05) is 18.2 Å². The van der Waals surface area contributed by atoms with Crippen LogP contribution in [0, 0.1) is 10.1 Å². The lowest BCUT2D eigenvalue weighted by molar-refractivity contribution is -0.385. The number of aromatic nitrogens is 3. The molecule has 112 valence electrons. The highest BCUT2D eigenvalue weighted by Crippen LogP contribution is 2.21. The third kappa shape index (κ3) is 3.61. The average molecular weight is 311 g/mol. The monoisotopic (exact) mass is 311 g/mol. The van der Waals surface area contributed by atoms with E-state index in [0.29, 0.717) is 5.82 Å². The van der Waals surface area contributed by atoms with Crippen LogP contribution in [0.1, 0.15) is 11.4 Å². The lowest BCUT2D eigenvalue weighted by Gasteiger charge is -2.15. The van der Waals surface area contributed by atoms with Crippen molar-refractivity contribution in [3.8, 4) is 0 Å². The van der Waals surface area contributed by atoms with Crippen molar-refractivity contribution < 1.29 is 13.3 Å². The van der Waals surface area contributed by atoms with Gasteiger partial charge in [0.1, 0.15) is 12.2 Å². The molecule has 1 aromatic carbocycles. The molecule has 0 saturated heterocycles. The third-order valence-corrected chi connectivity index (χ3v) is 4.59. The highest BCUT2D eigenvalue weighted by Gasteiger charge is 2.24. The first-order chi connectivity index (χ1) is 9.90. The number of nitrogens with zero attached hydrogens (tertiary/aromatic N) is 4. The maximum Gasteiger partial charge on any atom is 0.273 e. The molecular formula is C11H13N5O4S. The number of benzene rings is 1. The molecular weight excluding hydrogens is 298 g/mol. The molecule has 0 spiro atoms. The second kappa shape index (κ2) is 5.97. The summed E-state index contributed by atoms with van der Waals surface area (Å²) in [7, 11) is -2.32. The van der Waals surface area contributed by atoms with Gasteiger partial charge in [0.15, 0.2) is 0 Å². The van der Waals surface area contributed by atoms with Crippen molar-refractivity contribution in [1.29, 1.82) is 0 Å². The van der Waals surface area contributed by atoms with Gasteiger partial charge in [0.05, 0.1) is 17.2 Å². The summed E-state index contributed by atoms with van der Waals surface area (Å²) >= 11 is 0. The number of hydrogen-bond acceptors (Lipinski definition) is 6. The number of aromatic amines is 1. The molecule has 0 saturated carbocycles. The van der Waals surface area contributed by atoms with Crippen molar-refractivity contribution >= 4 is 15.7 Å². The van der Waals surface area contributed by atoms with E-state index in [1.165, 1.54) is 31.6 Å². The van der Waals surface area contributed by atoms with Crippen molar-refractivity contribution in [1.82, 2.24) is 19.5 Å². The first-order valence-corrected chi connectivity index (χ1v) is 7.51. The Balaban J connectivity index is 2.19. The van der Waals surface area contributed by atoms with Crippen molar-refractivity contribution in [3.05, 3.63) is 52.1 Å². The van der Waals surface area contributed by atoms with Gasteiger partial charge in [0.2, 0.25) is 10.0 Å². The zero-order valence-electron chi connectivity index (χ0n) is 11.1. The molecule has 1 N–H and O–H groups in total. The van der Waals surface area contributed by atoms with Crippen LogP contribution in [0.25, 0.3) is 0 Å². The van der Waals surface area contributed by atoms with Crippen molar-refractivity contribution in [3.63, 3.8) is 0 Å². The summed E-state index contributed by atoms with van der Waals surface area (Å²) in [6.45, 7) is 0.0168. The molecule has 0 radical (unpaired) electrons. The van der Waals surface area contributed by atoms with Crippen molar-refractivity contribution in [2.24, 2.45) is 0 Å². The quantitative estimate of drug-likeness (QED) is 0.618. The standard InChI is InChI=1S/C11H13N5O4S/c1-15(6-11-12-8-13-14-11)21(19,20)7-9-4-2-3-5-10(9)16(17)18/h2-5,8H,6-7H2,1H3,(H,12,13,14). The molecule has 21 heavy (non-hydrogen) atoms. The highest BCUT2D eigenvalue weighted by atomic mass is 32.2. The van der Waals surface area contributed by atoms with Gasteiger partial charge in [-0.3, -0.25) is 15.2 Å². The van der Waals surface area contributed by atoms with E-state index in [9.17, 15) is 18.5 Å². The minimum atomic E-state index is -3.70. The van der Waals surface area contributed by atoms with E-state index >= 15 is 0 Å². The molecule has 0 atom stereocenters. The maximum atomic E-state index is 12.2. The van der Waals surface area contributed by atoms with Crippen LogP contribution in [-0.2, 0) is 22.3 Å². The molecule has 0 bridgehead atoms. The van der Waals surface area contributed by atoms with E-state index in [2.05, 4.69) is 15.2 Å². The number of nitrogens with one attached hydrogen (secondary N) is 1. The van der Waals surface area contributed by atoms with Crippen LogP contribution in [0.3, 0.4) is 0 Å². The van der Waals surface area contributed by atoms with E-state index in [4.69, 9.17) is 0 Å². The van der Waals surface area contributed by atoms with E-state index in [1.807, 2.05) is 0 Å². The van der Waals surface area contributed by atoms with Crippen molar-refractivity contribution in [2.45, 2.75) is 12.3 Å². The summed E-state index contributed by atoms with van der Waals surface area (Å²) in [5.41, 5.74) is -0.0685. The number of hydrogen-bond donors (Lipinski definition) is 1. The van der Waals surface area contributed by atoms with Gasteiger partial charge in [-0.2, -0.15) is 9.40 Å². The Morgan fingerprint density at radius 2 is 2.10 bits per heavy atom. The second-order valence-corrected chi connectivity index (χ2v) is 6.41. The van der Waals surface area contributed by atoms with Crippen LogP contribution in [0.2, 0.25) is 0 Å². The Bertz CT molecular complexity index is 729. The molecule has 0 unspecified atom stereocenters. The molecule has 2 aromatic rings.